The molecule has 1 aromatic heterocycles. The number of tetrazole rings is 1. The Hall–Kier alpha value is -1.63. The molecule has 0 bridgehead atoms. The van der Waals surface area contributed by atoms with Crippen LogP contribution in [0.3, 0.4) is 0 Å². The van der Waals surface area contributed by atoms with Crippen molar-refractivity contribution in [2.24, 2.45) is 13.0 Å². The fourth-order valence-corrected chi connectivity index (χ4v) is 1.40. The van der Waals surface area contributed by atoms with Crippen LogP contribution >= 0.6 is 0 Å². The average Bonchev–Trinajstić information content (AvgIpc) is 2.65. The van der Waals surface area contributed by atoms with E-state index in [0.29, 0.717) is 6.61 Å². The molecule has 0 aromatic carbocycles. The first-order chi connectivity index (χ1) is 7.18. The third kappa shape index (κ3) is 1.91. The lowest BCUT2D eigenvalue weighted by molar-refractivity contribution is -0.128. The van der Waals surface area contributed by atoms with Gasteiger partial charge in [-0.1, -0.05) is 0 Å². The molecule has 0 aliphatic carbocycles. The first-order valence-electron chi connectivity index (χ1n) is 4.57. The number of nitrogens with zero attached hydrogens (tertiary/aromatic N) is 4. The van der Waals surface area contributed by atoms with Gasteiger partial charge in [0.25, 0.3) is 0 Å². The van der Waals surface area contributed by atoms with Crippen LogP contribution in [0.4, 0.5) is 0 Å². The van der Waals surface area contributed by atoms with Crippen molar-refractivity contribution in [3.8, 4) is 0 Å². The number of carbonyl (C=O) groups is 2. The highest BCUT2D eigenvalue weighted by Gasteiger charge is 2.32. The molecule has 0 spiro atoms. The lowest BCUT2D eigenvalue weighted by Crippen LogP contribution is -2.34. The maximum Gasteiger partial charge on any atom is 0.241 e. The van der Waals surface area contributed by atoms with Gasteiger partial charge in [-0.25, -0.2) is 0 Å². The molecule has 0 radical (unpaired) electrons. The van der Waals surface area contributed by atoms with Gasteiger partial charge in [0.1, 0.15) is 11.7 Å². The lowest BCUT2D eigenvalue weighted by Gasteiger charge is -2.18. The standard InChI is InChI=1S/C8H10N4O3/c1-12-10-8(9-11-12)7(14)5-4-15-3-2-6(5)13/h5H,2-4H2,1H3. The van der Waals surface area contributed by atoms with E-state index in [1.54, 1.807) is 7.05 Å². The van der Waals surface area contributed by atoms with Crippen molar-refractivity contribution in [1.29, 1.82) is 0 Å². The molecule has 7 heteroatoms. The second kappa shape index (κ2) is 3.85. The van der Waals surface area contributed by atoms with Crippen LogP contribution in [0, 0.1) is 5.92 Å². The van der Waals surface area contributed by atoms with Crippen LogP contribution < -0.4 is 0 Å². The normalized spacial score (nSPS) is 21.7. The maximum atomic E-state index is 11.7. The van der Waals surface area contributed by atoms with E-state index in [4.69, 9.17) is 4.74 Å². The first kappa shape index (κ1) is 9.91. The van der Waals surface area contributed by atoms with Gasteiger partial charge < -0.3 is 4.74 Å². The molecule has 7 nitrogen and oxygen atoms in total. The fraction of sp³-hybridized carbons (Fsp3) is 0.625. The third-order valence-corrected chi connectivity index (χ3v) is 2.21. The minimum absolute atomic E-state index is 0.0265. The van der Waals surface area contributed by atoms with Crippen LogP contribution in [0.25, 0.3) is 0 Å². The van der Waals surface area contributed by atoms with Crippen molar-refractivity contribution in [1.82, 2.24) is 20.2 Å². The molecule has 0 saturated carbocycles. The zero-order chi connectivity index (χ0) is 10.8. The predicted molar refractivity (Wildman–Crippen MR) is 47.1 cm³/mol. The Morgan fingerprint density at radius 3 is 3.00 bits per heavy atom. The highest BCUT2D eigenvalue weighted by Crippen LogP contribution is 2.13. The Labute approximate surface area is 85.4 Å². The van der Waals surface area contributed by atoms with Gasteiger partial charge in [-0.3, -0.25) is 9.59 Å². The zero-order valence-corrected chi connectivity index (χ0v) is 8.21. The van der Waals surface area contributed by atoms with Gasteiger partial charge in [0.05, 0.1) is 20.3 Å². The summed E-state index contributed by atoms with van der Waals surface area (Å²) in [5, 5.41) is 10.9. The van der Waals surface area contributed by atoms with E-state index in [2.05, 4.69) is 15.4 Å². The minimum atomic E-state index is -0.761. The van der Waals surface area contributed by atoms with Crippen molar-refractivity contribution in [3.63, 3.8) is 0 Å². The van der Waals surface area contributed by atoms with Crippen molar-refractivity contribution >= 4 is 11.6 Å². The summed E-state index contributed by atoms with van der Waals surface area (Å²) in [6.45, 7) is 0.506. The monoisotopic (exact) mass is 210 g/mol. The highest BCUT2D eigenvalue weighted by atomic mass is 16.5. The van der Waals surface area contributed by atoms with Crippen molar-refractivity contribution in [2.45, 2.75) is 6.42 Å². The van der Waals surface area contributed by atoms with Crippen LogP contribution in [0.2, 0.25) is 0 Å². The van der Waals surface area contributed by atoms with Gasteiger partial charge >= 0.3 is 0 Å². The zero-order valence-electron chi connectivity index (χ0n) is 8.21. The Morgan fingerprint density at radius 1 is 1.60 bits per heavy atom. The number of aryl methyl sites for hydroxylation is 1. The topological polar surface area (TPSA) is 87.0 Å². The van der Waals surface area contributed by atoms with E-state index in [0.717, 1.165) is 0 Å². The molecule has 1 saturated heterocycles. The summed E-state index contributed by atoms with van der Waals surface area (Å²) < 4.78 is 5.08. The van der Waals surface area contributed by atoms with Crippen molar-refractivity contribution < 1.29 is 14.3 Å². The maximum absolute atomic E-state index is 11.7. The van der Waals surface area contributed by atoms with Crippen LogP contribution in [0.5, 0.6) is 0 Å². The molecule has 1 atom stereocenters. The smallest absolute Gasteiger partial charge is 0.241 e. The summed E-state index contributed by atoms with van der Waals surface area (Å²) in [7, 11) is 1.56. The summed E-state index contributed by atoms with van der Waals surface area (Å²) in [5.74, 6) is -1.31. The van der Waals surface area contributed by atoms with E-state index in [1.807, 2.05) is 0 Å². The van der Waals surface area contributed by atoms with Crippen LogP contribution in [-0.2, 0) is 16.6 Å². The Bertz CT molecular complexity index is 400. The molecule has 80 valence electrons. The molecule has 2 heterocycles. The van der Waals surface area contributed by atoms with E-state index in [9.17, 15) is 9.59 Å². The van der Waals surface area contributed by atoms with Gasteiger partial charge in [0.15, 0.2) is 0 Å². The summed E-state index contributed by atoms with van der Waals surface area (Å²) in [6.07, 6.45) is 0.274. The van der Waals surface area contributed by atoms with E-state index in [1.165, 1.54) is 4.80 Å². The fourth-order valence-electron chi connectivity index (χ4n) is 1.40. The molecule has 1 aliphatic rings. The molecular weight excluding hydrogens is 200 g/mol. The molecule has 1 unspecified atom stereocenters. The minimum Gasteiger partial charge on any atom is -0.380 e. The van der Waals surface area contributed by atoms with Crippen LogP contribution in [0.1, 0.15) is 17.0 Å². The predicted octanol–water partition coefficient (Wildman–Crippen LogP) is -1.00. The Morgan fingerprint density at radius 2 is 2.40 bits per heavy atom. The highest BCUT2D eigenvalue weighted by molar-refractivity contribution is 6.09. The molecule has 15 heavy (non-hydrogen) atoms. The number of Topliss-reactive ketones (excluding diaryl/α,β-unsaturated/α-hetero) is 2. The number of hydrogen-bond donors (Lipinski definition) is 0. The number of hydrogen-bond acceptors (Lipinski definition) is 6. The van der Waals surface area contributed by atoms with E-state index < -0.39 is 11.7 Å². The molecule has 1 aliphatic heterocycles. The Kier molecular flexibility index (Phi) is 2.55. The van der Waals surface area contributed by atoms with E-state index in [-0.39, 0.29) is 24.6 Å². The van der Waals surface area contributed by atoms with Gasteiger partial charge in [-0.15, -0.1) is 10.2 Å². The Balaban J connectivity index is 2.16. The molecule has 2 rings (SSSR count). The van der Waals surface area contributed by atoms with Gasteiger partial charge in [-0.05, 0) is 5.21 Å². The van der Waals surface area contributed by atoms with Crippen molar-refractivity contribution in [3.05, 3.63) is 5.82 Å². The number of rotatable bonds is 2. The number of ketones is 2. The quantitative estimate of drug-likeness (QED) is 0.459. The molecule has 1 fully saturated rings. The summed E-state index contributed by atoms with van der Waals surface area (Å²) in [6, 6.07) is 0. The van der Waals surface area contributed by atoms with Crippen LogP contribution in [-0.4, -0.2) is 45.0 Å². The lowest BCUT2D eigenvalue weighted by atomic mass is 9.95. The number of aromatic nitrogens is 4. The van der Waals surface area contributed by atoms with Crippen LogP contribution in [0.15, 0.2) is 0 Å². The number of carbonyl (C=O) groups excluding carboxylic acids is 2. The SMILES string of the molecule is Cn1nnc(C(=O)C2COCCC2=O)n1. The van der Waals surface area contributed by atoms with Gasteiger partial charge in [0.2, 0.25) is 11.6 Å². The largest absolute Gasteiger partial charge is 0.380 e. The number of ether oxygens (including phenoxy) is 1. The molecular formula is C8H10N4O3. The second-order valence-electron chi connectivity index (χ2n) is 3.31. The molecule has 0 amide bonds. The van der Waals surface area contributed by atoms with Gasteiger partial charge in [-0.2, -0.15) is 4.80 Å². The van der Waals surface area contributed by atoms with E-state index >= 15 is 0 Å². The van der Waals surface area contributed by atoms with Crippen molar-refractivity contribution in [2.75, 3.05) is 13.2 Å². The summed E-state index contributed by atoms with van der Waals surface area (Å²) in [5.41, 5.74) is 0. The summed E-state index contributed by atoms with van der Waals surface area (Å²) >= 11 is 0. The average molecular weight is 210 g/mol. The molecule has 1 aromatic rings. The van der Waals surface area contributed by atoms with Gasteiger partial charge in [0, 0.05) is 6.42 Å². The third-order valence-electron chi connectivity index (χ3n) is 2.21. The second-order valence-corrected chi connectivity index (χ2v) is 3.31. The summed E-state index contributed by atoms with van der Waals surface area (Å²) in [4.78, 5) is 24.4. The first-order valence-corrected chi connectivity index (χ1v) is 4.57. The molecule has 0 N–H and O–H groups in total.